The molecular formula is C29H29F3N4O. The van der Waals surface area contributed by atoms with Crippen LogP contribution in [0, 0.1) is 31.3 Å². The molecule has 0 bridgehead atoms. The van der Waals surface area contributed by atoms with Gasteiger partial charge in [0.2, 0.25) is 0 Å². The minimum absolute atomic E-state index is 0.0843. The van der Waals surface area contributed by atoms with Crippen LogP contribution in [-0.2, 0) is 0 Å². The largest absolute Gasteiger partial charge is 0.486 e. The molecule has 3 aromatic carbocycles. The number of aromatic nitrogens is 1. The first-order chi connectivity index (χ1) is 17.9. The van der Waals surface area contributed by atoms with Crippen molar-refractivity contribution in [2.24, 2.45) is 0 Å². The van der Waals surface area contributed by atoms with E-state index in [0.29, 0.717) is 28.8 Å². The number of fused-ring (bicyclic) bond motifs is 1. The van der Waals surface area contributed by atoms with E-state index in [2.05, 4.69) is 32.2 Å². The Bertz CT molecular complexity index is 1410. The molecule has 5 rings (SSSR count). The highest BCUT2D eigenvalue weighted by atomic mass is 19.1. The number of pyridine rings is 1. The Morgan fingerprint density at radius 2 is 1.57 bits per heavy atom. The van der Waals surface area contributed by atoms with Crippen molar-refractivity contribution in [1.82, 2.24) is 9.88 Å². The Balaban J connectivity index is 1.29. The molecule has 0 atom stereocenters. The number of nitrogens with zero attached hydrogens (tertiary/aromatic N) is 3. The molecule has 1 N–H and O–H groups in total. The lowest BCUT2D eigenvalue weighted by Crippen LogP contribution is -2.47. The maximum absolute atomic E-state index is 15.5. The van der Waals surface area contributed by atoms with E-state index in [1.807, 2.05) is 42.5 Å². The van der Waals surface area contributed by atoms with Gasteiger partial charge in [-0.05, 0) is 38.1 Å². The van der Waals surface area contributed by atoms with E-state index >= 15 is 8.78 Å². The van der Waals surface area contributed by atoms with Gasteiger partial charge < -0.3 is 15.0 Å². The van der Waals surface area contributed by atoms with E-state index in [1.165, 1.54) is 12.6 Å². The van der Waals surface area contributed by atoms with E-state index in [0.717, 1.165) is 26.2 Å². The summed E-state index contributed by atoms with van der Waals surface area (Å²) in [5.74, 6) is -3.67. The van der Waals surface area contributed by atoms with Crippen molar-refractivity contribution in [3.8, 4) is 5.75 Å². The summed E-state index contributed by atoms with van der Waals surface area (Å²) in [6.07, 6.45) is 0. The summed E-state index contributed by atoms with van der Waals surface area (Å²) in [5.41, 5.74) is 2.29. The number of hydrogen-bond acceptors (Lipinski definition) is 5. The molecule has 1 aliphatic rings. The van der Waals surface area contributed by atoms with Crippen LogP contribution < -0.4 is 15.0 Å². The Morgan fingerprint density at radius 1 is 0.865 bits per heavy atom. The lowest BCUT2D eigenvalue weighted by Gasteiger charge is -2.36. The van der Waals surface area contributed by atoms with Gasteiger partial charge in [0.25, 0.3) is 0 Å². The molecule has 1 fully saturated rings. The van der Waals surface area contributed by atoms with Gasteiger partial charge in [0, 0.05) is 60.7 Å². The SMILES string of the molecule is Cc1cc(Nc2c(F)c(C)c(F)c(OCCN3CCN(c4ccccc4)CC3)c2F)c2ccccc2n1. The zero-order valence-electron chi connectivity index (χ0n) is 20.9. The number of aryl methyl sites for hydroxylation is 1. The van der Waals surface area contributed by atoms with Gasteiger partial charge in [0.15, 0.2) is 23.2 Å². The van der Waals surface area contributed by atoms with Gasteiger partial charge in [-0.25, -0.2) is 13.2 Å². The summed E-state index contributed by atoms with van der Waals surface area (Å²) in [7, 11) is 0. The fourth-order valence-electron chi connectivity index (χ4n) is 4.69. The summed E-state index contributed by atoms with van der Waals surface area (Å²) in [5, 5.41) is 3.54. The zero-order valence-corrected chi connectivity index (χ0v) is 20.9. The average molecular weight is 507 g/mol. The molecule has 1 saturated heterocycles. The normalized spacial score (nSPS) is 14.2. The fourth-order valence-corrected chi connectivity index (χ4v) is 4.69. The van der Waals surface area contributed by atoms with Crippen molar-refractivity contribution >= 4 is 28.0 Å². The van der Waals surface area contributed by atoms with Crippen LogP contribution >= 0.6 is 0 Å². The molecule has 0 unspecified atom stereocenters. The van der Waals surface area contributed by atoms with E-state index in [4.69, 9.17) is 4.74 Å². The molecule has 5 nitrogen and oxygen atoms in total. The van der Waals surface area contributed by atoms with Gasteiger partial charge in [0.05, 0.1) is 5.52 Å². The molecule has 0 radical (unpaired) electrons. The zero-order chi connectivity index (χ0) is 25.9. The van der Waals surface area contributed by atoms with Crippen LogP contribution in [0.25, 0.3) is 10.9 Å². The maximum atomic E-state index is 15.5. The summed E-state index contributed by atoms with van der Waals surface area (Å²) >= 11 is 0. The predicted molar refractivity (Wildman–Crippen MR) is 141 cm³/mol. The van der Waals surface area contributed by atoms with Gasteiger partial charge in [-0.1, -0.05) is 36.4 Å². The van der Waals surface area contributed by atoms with Crippen LogP contribution in [0.4, 0.5) is 30.2 Å². The van der Waals surface area contributed by atoms with Gasteiger partial charge in [-0.3, -0.25) is 9.88 Å². The van der Waals surface area contributed by atoms with Gasteiger partial charge in [-0.2, -0.15) is 0 Å². The highest BCUT2D eigenvalue weighted by Gasteiger charge is 2.25. The van der Waals surface area contributed by atoms with Crippen LogP contribution in [0.3, 0.4) is 0 Å². The average Bonchev–Trinajstić information content (AvgIpc) is 2.92. The molecule has 1 aliphatic heterocycles. The number of benzene rings is 3. The van der Waals surface area contributed by atoms with Crippen molar-refractivity contribution in [3.63, 3.8) is 0 Å². The third kappa shape index (κ3) is 5.20. The number of para-hydroxylation sites is 2. The maximum Gasteiger partial charge on any atom is 0.194 e. The summed E-state index contributed by atoms with van der Waals surface area (Å²) < 4.78 is 51.0. The minimum Gasteiger partial charge on any atom is -0.486 e. The van der Waals surface area contributed by atoms with Gasteiger partial charge in [0.1, 0.15) is 12.3 Å². The Hall–Kier alpha value is -3.78. The first-order valence-electron chi connectivity index (χ1n) is 12.4. The number of anilines is 3. The smallest absolute Gasteiger partial charge is 0.194 e. The second-order valence-corrected chi connectivity index (χ2v) is 9.24. The standard InChI is InChI=1S/C29H29F3N4O/c1-19-18-24(22-10-6-7-11-23(22)33-19)34-28-25(30)20(2)26(31)29(27(28)32)37-17-16-35-12-14-36(15-13-35)21-8-4-3-5-9-21/h3-11,18H,12-17H2,1-2H3,(H,33,34). The van der Waals surface area contributed by atoms with E-state index in [-0.39, 0.29) is 12.2 Å². The van der Waals surface area contributed by atoms with Crippen LogP contribution in [0.5, 0.6) is 5.75 Å². The molecule has 0 amide bonds. The van der Waals surface area contributed by atoms with E-state index in [1.54, 1.807) is 13.0 Å². The Labute approximate surface area is 214 Å². The quantitative estimate of drug-likeness (QED) is 0.323. The number of halogens is 3. The van der Waals surface area contributed by atoms with Crippen LogP contribution in [0.2, 0.25) is 0 Å². The first-order valence-corrected chi connectivity index (χ1v) is 12.4. The molecule has 0 spiro atoms. The minimum atomic E-state index is -1.09. The number of piperazine rings is 1. The molecule has 2 heterocycles. The fraction of sp³-hybridized carbons (Fsp3) is 0.276. The topological polar surface area (TPSA) is 40.6 Å². The van der Waals surface area contributed by atoms with E-state index in [9.17, 15) is 4.39 Å². The molecule has 8 heteroatoms. The molecule has 0 saturated carbocycles. The molecule has 4 aromatic rings. The third-order valence-corrected chi connectivity index (χ3v) is 6.75. The Kier molecular flexibility index (Phi) is 7.19. The first kappa shape index (κ1) is 24.9. The predicted octanol–water partition coefficient (Wildman–Crippen LogP) is 6.21. The van der Waals surface area contributed by atoms with Crippen molar-refractivity contribution in [2.75, 3.05) is 49.5 Å². The van der Waals surface area contributed by atoms with Crippen molar-refractivity contribution in [3.05, 3.63) is 89.4 Å². The molecule has 0 aliphatic carbocycles. The number of ether oxygens (including phenoxy) is 1. The second-order valence-electron chi connectivity index (χ2n) is 9.24. The summed E-state index contributed by atoms with van der Waals surface area (Å²) in [4.78, 5) is 8.96. The highest BCUT2D eigenvalue weighted by molar-refractivity contribution is 5.93. The lowest BCUT2D eigenvalue weighted by atomic mass is 10.1. The van der Waals surface area contributed by atoms with Crippen molar-refractivity contribution in [1.29, 1.82) is 0 Å². The summed E-state index contributed by atoms with van der Waals surface area (Å²) in [6.45, 7) is 7.01. The van der Waals surface area contributed by atoms with Gasteiger partial charge >= 0.3 is 0 Å². The molecular weight excluding hydrogens is 477 g/mol. The van der Waals surface area contributed by atoms with Crippen LogP contribution in [-0.4, -0.2) is 49.2 Å². The van der Waals surface area contributed by atoms with Gasteiger partial charge in [-0.15, -0.1) is 0 Å². The van der Waals surface area contributed by atoms with Crippen LogP contribution in [0.15, 0.2) is 60.7 Å². The summed E-state index contributed by atoms with van der Waals surface area (Å²) in [6, 6.07) is 19.2. The molecule has 1 aromatic heterocycles. The lowest BCUT2D eigenvalue weighted by molar-refractivity contribution is 0.192. The highest BCUT2D eigenvalue weighted by Crippen LogP contribution is 2.37. The second kappa shape index (κ2) is 10.7. The number of nitrogens with one attached hydrogen (secondary N) is 1. The van der Waals surface area contributed by atoms with Crippen LogP contribution in [0.1, 0.15) is 11.3 Å². The number of hydrogen-bond donors (Lipinski definition) is 1. The van der Waals surface area contributed by atoms with Crippen molar-refractivity contribution < 1.29 is 17.9 Å². The molecule has 37 heavy (non-hydrogen) atoms. The molecule has 192 valence electrons. The monoisotopic (exact) mass is 506 g/mol. The third-order valence-electron chi connectivity index (χ3n) is 6.75. The Morgan fingerprint density at radius 3 is 2.32 bits per heavy atom. The number of rotatable bonds is 7. The van der Waals surface area contributed by atoms with Crippen molar-refractivity contribution in [2.45, 2.75) is 13.8 Å². The van der Waals surface area contributed by atoms with E-state index < -0.39 is 28.9 Å².